The summed E-state index contributed by atoms with van der Waals surface area (Å²) in [6.45, 7) is 8.68. The van der Waals surface area contributed by atoms with Crippen molar-refractivity contribution in [3.05, 3.63) is 41.0 Å². The number of hydrogen-bond acceptors (Lipinski definition) is 8. The van der Waals surface area contributed by atoms with Crippen LogP contribution in [0.2, 0.25) is 0 Å². The van der Waals surface area contributed by atoms with E-state index in [4.69, 9.17) is 0 Å². The highest BCUT2D eigenvalue weighted by atomic mass is 32.1. The van der Waals surface area contributed by atoms with Gasteiger partial charge in [-0.15, -0.1) is 11.3 Å². The van der Waals surface area contributed by atoms with Gasteiger partial charge < -0.3 is 36.6 Å². The molecule has 4 saturated carbocycles. The van der Waals surface area contributed by atoms with Gasteiger partial charge in [-0.3, -0.25) is 19.2 Å². The molecule has 7 rings (SSSR count). The van der Waals surface area contributed by atoms with Gasteiger partial charge in [-0.1, -0.05) is 90.0 Å². The van der Waals surface area contributed by atoms with Crippen molar-refractivity contribution in [2.24, 2.45) is 23.2 Å². The molecule has 2 aromatic rings. The maximum Gasteiger partial charge on any atom is 0.315 e. The number of carbonyl (C=O) groups is 5. The molecule has 6 amide bonds. The van der Waals surface area contributed by atoms with Crippen molar-refractivity contribution in [3.8, 4) is 10.4 Å². The van der Waals surface area contributed by atoms with E-state index in [0.29, 0.717) is 6.42 Å². The van der Waals surface area contributed by atoms with Gasteiger partial charge in [0.2, 0.25) is 23.6 Å². The number of urea groups is 1. The largest absolute Gasteiger partial charge is 0.391 e. The molecule has 2 heterocycles. The third kappa shape index (κ3) is 13.5. The number of likely N-dealkylation sites (tertiary alicyclic amines) is 1. The average molecular weight is 876 g/mol. The average Bonchev–Trinajstić information content (AvgIpc) is 3.83. The molecule has 3 atom stereocenters. The number of aromatic nitrogens is 1. The van der Waals surface area contributed by atoms with Crippen molar-refractivity contribution in [1.29, 1.82) is 0 Å². The Morgan fingerprint density at radius 1 is 0.790 bits per heavy atom. The number of nitrogens with zero attached hydrogens (tertiary/aromatic N) is 2. The lowest BCUT2D eigenvalue weighted by atomic mass is 9.53. The first kappa shape index (κ1) is 47.4. The number of amides is 6. The molecule has 1 aliphatic heterocycles. The van der Waals surface area contributed by atoms with Crippen molar-refractivity contribution in [1.82, 2.24) is 36.5 Å². The number of nitrogens with one attached hydrogen (secondary N) is 5. The fourth-order valence-corrected chi connectivity index (χ4v) is 11.6. The second-order valence-electron chi connectivity index (χ2n) is 20.1. The van der Waals surface area contributed by atoms with E-state index in [-0.39, 0.29) is 61.8 Å². The molecular weight excluding hydrogens is 803 g/mol. The number of aryl methyl sites for hydroxylation is 1. The van der Waals surface area contributed by atoms with Crippen LogP contribution < -0.4 is 26.6 Å². The number of thiazole rings is 1. The Bertz CT molecular complexity index is 1790. The van der Waals surface area contributed by atoms with E-state index in [1.807, 2.05) is 57.5 Å². The maximum atomic E-state index is 13.9. The quantitative estimate of drug-likeness (QED) is 0.0696. The van der Waals surface area contributed by atoms with Gasteiger partial charge in [0.15, 0.2) is 0 Å². The van der Waals surface area contributed by atoms with Crippen molar-refractivity contribution in [3.63, 3.8) is 0 Å². The van der Waals surface area contributed by atoms with Crippen LogP contribution in [0.15, 0.2) is 29.8 Å². The highest BCUT2D eigenvalue weighted by Gasteiger charge is 2.51. The Hall–Kier alpha value is -4.04. The summed E-state index contributed by atoms with van der Waals surface area (Å²) < 4.78 is 0. The summed E-state index contributed by atoms with van der Waals surface area (Å²) in [6, 6.07) is 6.12. The minimum absolute atomic E-state index is 0.000353. The fraction of sp³-hybridized carbons (Fsp3) is 0.708. The van der Waals surface area contributed by atoms with Crippen LogP contribution in [0.3, 0.4) is 0 Å². The summed E-state index contributed by atoms with van der Waals surface area (Å²) in [5, 5.41) is 25.7. The van der Waals surface area contributed by atoms with Gasteiger partial charge >= 0.3 is 6.03 Å². The topological polar surface area (TPSA) is 182 Å². The highest BCUT2D eigenvalue weighted by Crippen LogP contribution is 2.55. The van der Waals surface area contributed by atoms with Gasteiger partial charge in [0.25, 0.3) is 0 Å². The molecule has 1 aromatic carbocycles. The van der Waals surface area contributed by atoms with E-state index in [0.717, 1.165) is 84.5 Å². The summed E-state index contributed by atoms with van der Waals surface area (Å²) in [5.41, 5.74) is 4.14. The van der Waals surface area contributed by atoms with Gasteiger partial charge in [0, 0.05) is 51.0 Å². The van der Waals surface area contributed by atoms with Crippen LogP contribution in [-0.4, -0.2) is 88.0 Å². The molecule has 5 aliphatic rings. The predicted molar refractivity (Wildman–Crippen MR) is 243 cm³/mol. The van der Waals surface area contributed by atoms with E-state index < -0.39 is 29.5 Å². The smallest absolute Gasteiger partial charge is 0.315 e. The molecule has 5 fully saturated rings. The molecule has 1 saturated heterocycles. The van der Waals surface area contributed by atoms with Gasteiger partial charge in [-0.25, -0.2) is 9.78 Å². The van der Waals surface area contributed by atoms with E-state index in [1.54, 1.807) is 11.3 Å². The lowest BCUT2D eigenvalue weighted by Gasteiger charge is -2.56. The third-order valence-corrected chi connectivity index (χ3v) is 14.6. The van der Waals surface area contributed by atoms with Gasteiger partial charge in [-0.05, 0) is 92.6 Å². The standard InChI is InChI=1S/C48H73N7O6S/c1-32-42(62-31-52-32)37-17-15-33(16-18-37)29-51-44(59)39-25-38(56)30-55(39)45(60)43(47(2,3)4)53-41(58)19-21-49-40(57)14-12-10-8-6-5-7-9-11-13-20-50-46(61)54-48-26-34-22-35(27-48)24-36(23-34)28-48/h15-18,31,34-36,38-39,43,56H,5-14,19-30H2,1-4H3,(H,49,57)(H,51,59)(H,53,58)(H2,50,54,61). The zero-order valence-corrected chi connectivity index (χ0v) is 38.5. The SMILES string of the molecule is Cc1ncsc1-c1ccc(CNC(=O)C2CC(O)CN2C(=O)C(NC(=O)CCNC(=O)CCCCCCCCCCCNC(=O)NC23CC4CC(CC(C4)C2)C3)C(C)(C)C)cc1. The number of carbonyl (C=O) groups excluding carboxylic acids is 5. The minimum Gasteiger partial charge on any atom is -0.391 e. The Labute approximate surface area is 373 Å². The predicted octanol–water partition coefficient (Wildman–Crippen LogP) is 6.90. The lowest BCUT2D eigenvalue weighted by molar-refractivity contribution is -0.144. The molecule has 3 unspecified atom stereocenters. The molecule has 0 radical (unpaired) electrons. The van der Waals surface area contributed by atoms with Crippen LogP contribution in [0.1, 0.15) is 148 Å². The van der Waals surface area contributed by atoms with Gasteiger partial charge in [0.05, 0.1) is 22.2 Å². The molecule has 14 heteroatoms. The van der Waals surface area contributed by atoms with Crippen LogP contribution in [0.4, 0.5) is 4.79 Å². The Morgan fingerprint density at radius 3 is 2.00 bits per heavy atom. The number of β-amino-alcohol motifs (C(OH)–C–C–N with tert-alkyl or cyclic N) is 1. The first-order valence-corrected chi connectivity index (χ1v) is 24.4. The monoisotopic (exact) mass is 876 g/mol. The van der Waals surface area contributed by atoms with Crippen LogP contribution in [-0.2, 0) is 25.7 Å². The van der Waals surface area contributed by atoms with Crippen molar-refractivity contribution < 1.29 is 29.1 Å². The Balaban J connectivity index is 0.791. The van der Waals surface area contributed by atoms with E-state index >= 15 is 0 Å². The number of aliphatic hydroxyl groups excluding tert-OH is 1. The molecule has 342 valence electrons. The number of rotatable bonds is 22. The summed E-state index contributed by atoms with van der Waals surface area (Å²) in [4.78, 5) is 72.4. The summed E-state index contributed by atoms with van der Waals surface area (Å²) in [5.74, 6) is 1.24. The summed E-state index contributed by atoms with van der Waals surface area (Å²) in [7, 11) is 0. The first-order valence-electron chi connectivity index (χ1n) is 23.6. The zero-order valence-electron chi connectivity index (χ0n) is 37.7. The molecular formula is C48H73N7O6S. The molecule has 4 bridgehead atoms. The molecule has 0 spiro atoms. The van der Waals surface area contributed by atoms with Crippen LogP contribution in [0.5, 0.6) is 0 Å². The van der Waals surface area contributed by atoms with Crippen LogP contribution in [0, 0.1) is 30.1 Å². The Kier molecular flexibility index (Phi) is 16.9. The van der Waals surface area contributed by atoms with Crippen molar-refractivity contribution in [2.75, 3.05) is 19.6 Å². The number of benzene rings is 1. The summed E-state index contributed by atoms with van der Waals surface area (Å²) >= 11 is 1.58. The van der Waals surface area contributed by atoms with Crippen LogP contribution >= 0.6 is 11.3 Å². The van der Waals surface area contributed by atoms with Gasteiger partial charge in [-0.2, -0.15) is 0 Å². The van der Waals surface area contributed by atoms with E-state index in [9.17, 15) is 29.1 Å². The highest BCUT2D eigenvalue weighted by molar-refractivity contribution is 7.13. The molecule has 6 N–H and O–H groups in total. The maximum absolute atomic E-state index is 13.9. The molecule has 1 aromatic heterocycles. The summed E-state index contributed by atoms with van der Waals surface area (Å²) in [6.07, 6.45) is 17.0. The number of unbranched alkanes of at least 4 members (excludes halogenated alkanes) is 8. The fourth-order valence-electron chi connectivity index (χ4n) is 10.8. The van der Waals surface area contributed by atoms with E-state index in [2.05, 4.69) is 31.6 Å². The molecule has 62 heavy (non-hydrogen) atoms. The molecule has 13 nitrogen and oxygen atoms in total. The van der Waals surface area contributed by atoms with E-state index in [1.165, 1.54) is 62.7 Å². The van der Waals surface area contributed by atoms with Gasteiger partial charge in [0.1, 0.15) is 12.1 Å². The first-order chi connectivity index (χ1) is 29.7. The number of aliphatic hydroxyl groups is 1. The second-order valence-corrected chi connectivity index (χ2v) is 20.9. The lowest BCUT2D eigenvalue weighted by Crippen LogP contribution is -2.61. The zero-order chi connectivity index (χ0) is 44.3. The third-order valence-electron chi connectivity index (χ3n) is 13.7. The van der Waals surface area contributed by atoms with Crippen molar-refractivity contribution in [2.45, 2.75) is 174 Å². The molecule has 4 aliphatic carbocycles. The normalized spacial score (nSPS) is 24.4. The second kappa shape index (κ2) is 22.0. The number of hydrogen-bond donors (Lipinski definition) is 6. The van der Waals surface area contributed by atoms with Crippen LogP contribution in [0.25, 0.3) is 10.4 Å². The minimum atomic E-state index is -0.931. The Morgan fingerprint density at radius 2 is 1.40 bits per heavy atom. The van der Waals surface area contributed by atoms with Crippen molar-refractivity contribution >= 4 is 41.0 Å².